The normalized spacial score (nSPS) is 12.8. The highest BCUT2D eigenvalue weighted by molar-refractivity contribution is 5.96. The van der Waals surface area contributed by atoms with Gasteiger partial charge in [-0.25, -0.2) is 0 Å². The van der Waals surface area contributed by atoms with Gasteiger partial charge in [0.15, 0.2) is 5.76 Å². The molecule has 0 aliphatic rings. The number of carbonyl (C=O) groups excluding carboxylic acids is 1. The van der Waals surface area contributed by atoms with E-state index in [0.717, 1.165) is 5.39 Å². The molecular formula is C15H20N2O3. The van der Waals surface area contributed by atoms with Crippen LogP contribution >= 0.6 is 0 Å². The molecule has 0 aliphatic heterocycles. The topological polar surface area (TPSA) is 88.5 Å². The minimum absolute atomic E-state index is 0.218. The second kappa shape index (κ2) is 5.96. The van der Waals surface area contributed by atoms with Crippen LogP contribution in [-0.2, 0) is 0 Å². The van der Waals surface area contributed by atoms with Gasteiger partial charge in [0.25, 0.3) is 5.91 Å². The van der Waals surface area contributed by atoms with Crippen LogP contribution in [0.1, 0.15) is 30.8 Å². The lowest BCUT2D eigenvalue weighted by Gasteiger charge is -2.13. The number of hydrogen-bond donors (Lipinski definition) is 3. The van der Waals surface area contributed by atoms with Crippen LogP contribution in [-0.4, -0.2) is 23.7 Å². The molecule has 0 fully saturated rings. The van der Waals surface area contributed by atoms with E-state index in [2.05, 4.69) is 5.32 Å². The highest BCUT2D eigenvalue weighted by Crippen LogP contribution is 2.21. The summed E-state index contributed by atoms with van der Waals surface area (Å²) >= 11 is 0. The van der Waals surface area contributed by atoms with Gasteiger partial charge in [-0.3, -0.25) is 4.79 Å². The fourth-order valence-corrected chi connectivity index (χ4v) is 2.10. The minimum Gasteiger partial charge on any atom is -0.451 e. The molecule has 1 unspecified atom stereocenters. The molecule has 1 heterocycles. The maximum absolute atomic E-state index is 11.9. The molecule has 1 aromatic carbocycles. The van der Waals surface area contributed by atoms with Crippen molar-refractivity contribution in [2.45, 2.75) is 26.4 Å². The van der Waals surface area contributed by atoms with Gasteiger partial charge >= 0.3 is 0 Å². The predicted molar refractivity (Wildman–Crippen MR) is 78.4 cm³/mol. The zero-order valence-corrected chi connectivity index (χ0v) is 11.7. The van der Waals surface area contributed by atoms with Gasteiger partial charge in [0.1, 0.15) is 5.58 Å². The Balaban J connectivity index is 2.00. The van der Waals surface area contributed by atoms with E-state index >= 15 is 0 Å². The standard InChI is InChI=1S/C15H20N2O3/c1-9(2)5-12(18)8-17-15(19)14-7-10-6-11(16)3-4-13(10)20-14/h3-4,6-7,9,12,18H,5,8,16H2,1-2H3,(H,17,19). The summed E-state index contributed by atoms with van der Waals surface area (Å²) in [5.41, 5.74) is 6.92. The Morgan fingerprint density at radius 3 is 2.85 bits per heavy atom. The summed E-state index contributed by atoms with van der Waals surface area (Å²) < 4.78 is 5.45. The predicted octanol–water partition coefficient (Wildman–Crippen LogP) is 2.15. The number of aliphatic hydroxyl groups excluding tert-OH is 1. The first kappa shape index (κ1) is 14.4. The number of benzene rings is 1. The fraction of sp³-hybridized carbons (Fsp3) is 0.400. The summed E-state index contributed by atoms with van der Waals surface area (Å²) in [5.74, 6) is 0.279. The average Bonchev–Trinajstić information content (AvgIpc) is 2.78. The quantitative estimate of drug-likeness (QED) is 0.730. The second-order valence-corrected chi connectivity index (χ2v) is 5.40. The number of hydrogen-bond acceptors (Lipinski definition) is 4. The zero-order valence-electron chi connectivity index (χ0n) is 11.7. The number of nitrogen functional groups attached to an aromatic ring is 1. The van der Waals surface area contributed by atoms with Crippen molar-refractivity contribution >= 4 is 22.6 Å². The van der Waals surface area contributed by atoms with Crippen molar-refractivity contribution in [2.75, 3.05) is 12.3 Å². The molecule has 0 saturated heterocycles. The van der Waals surface area contributed by atoms with Gasteiger partial charge in [0.2, 0.25) is 0 Å². The molecule has 0 bridgehead atoms. The molecule has 2 aromatic rings. The van der Waals surface area contributed by atoms with Crippen LogP contribution < -0.4 is 11.1 Å². The molecule has 5 nitrogen and oxygen atoms in total. The lowest BCUT2D eigenvalue weighted by Crippen LogP contribution is -2.32. The average molecular weight is 276 g/mol. The number of amides is 1. The number of fused-ring (bicyclic) bond motifs is 1. The molecule has 0 saturated carbocycles. The molecule has 2 rings (SSSR count). The van der Waals surface area contributed by atoms with Crippen molar-refractivity contribution in [3.05, 3.63) is 30.0 Å². The Morgan fingerprint density at radius 1 is 1.40 bits per heavy atom. The van der Waals surface area contributed by atoms with Crippen LogP contribution in [0.15, 0.2) is 28.7 Å². The Labute approximate surface area is 117 Å². The number of nitrogens with one attached hydrogen (secondary N) is 1. The van der Waals surface area contributed by atoms with Crippen LogP contribution in [0.3, 0.4) is 0 Å². The number of anilines is 1. The van der Waals surface area contributed by atoms with Crippen LogP contribution in [0.5, 0.6) is 0 Å². The SMILES string of the molecule is CC(C)CC(O)CNC(=O)c1cc2cc(N)ccc2o1. The van der Waals surface area contributed by atoms with Crippen LogP contribution in [0, 0.1) is 5.92 Å². The van der Waals surface area contributed by atoms with Gasteiger partial charge < -0.3 is 20.6 Å². The zero-order chi connectivity index (χ0) is 14.7. The molecule has 4 N–H and O–H groups in total. The summed E-state index contributed by atoms with van der Waals surface area (Å²) in [5, 5.41) is 13.2. The molecule has 5 heteroatoms. The molecule has 20 heavy (non-hydrogen) atoms. The van der Waals surface area contributed by atoms with Crippen LogP contribution in [0.25, 0.3) is 11.0 Å². The fourth-order valence-electron chi connectivity index (χ4n) is 2.10. The molecule has 108 valence electrons. The molecule has 0 aliphatic carbocycles. The van der Waals surface area contributed by atoms with Gasteiger partial charge in [-0.1, -0.05) is 13.8 Å². The Hall–Kier alpha value is -2.01. The Bertz CT molecular complexity index is 604. The van der Waals surface area contributed by atoms with E-state index in [4.69, 9.17) is 10.2 Å². The number of furan rings is 1. The van der Waals surface area contributed by atoms with Gasteiger partial charge in [0, 0.05) is 17.6 Å². The molecule has 1 atom stereocenters. The number of aliphatic hydroxyl groups is 1. The van der Waals surface area contributed by atoms with Crippen molar-refractivity contribution in [2.24, 2.45) is 5.92 Å². The molecule has 0 radical (unpaired) electrons. The first-order valence-corrected chi connectivity index (χ1v) is 6.71. The monoisotopic (exact) mass is 276 g/mol. The summed E-state index contributed by atoms with van der Waals surface area (Å²) in [6, 6.07) is 6.86. The third-order valence-corrected chi connectivity index (χ3v) is 3.01. The van der Waals surface area contributed by atoms with Crippen LogP contribution in [0.2, 0.25) is 0 Å². The van der Waals surface area contributed by atoms with E-state index in [-0.39, 0.29) is 18.2 Å². The second-order valence-electron chi connectivity index (χ2n) is 5.40. The maximum atomic E-state index is 11.9. The van der Waals surface area contributed by atoms with Crippen molar-refractivity contribution in [1.82, 2.24) is 5.32 Å². The largest absolute Gasteiger partial charge is 0.451 e. The van der Waals surface area contributed by atoms with Crippen molar-refractivity contribution in [3.63, 3.8) is 0 Å². The summed E-state index contributed by atoms with van der Waals surface area (Å²) in [7, 11) is 0. The third kappa shape index (κ3) is 3.51. The van der Waals surface area contributed by atoms with Gasteiger partial charge in [0.05, 0.1) is 6.10 Å². The minimum atomic E-state index is -0.543. The number of carbonyl (C=O) groups is 1. The highest BCUT2D eigenvalue weighted by atomic mass is 16.3. The van der Waals surface area contributed by atoms with Gasteiger partial charge in [-0.2, -0.15) is 0 Å². The smallest absolute Gasteiger partial charge is 0.287 e. The summed E-state index contributed by atoms with van der Waals surface area (Å²) in [4.78, 5) is 11.9. The number of nitrogens with two attached hydrogens (primary N) is 1. The van der Waals surface area contributed by atoms with E-state index < -0.39 is 6.10 Å². The van der Waals surface area contributed by atoms with Crippen molar-refractivity contribution in [1.29, 1.82) is 0 Å². The van der Waals surface area contributed by atoms with E-state index in [1.807, 2.05) is 13.8 Å². The molecule has 1 aromatic heterocycles. The summed E-state index contributed by atoms with van der Waals surface area (Å²) in [6.45, 7) is 4.26. The Morgan fingerprint density at radius 2 is 2.15 bits per heavy atom. The lowest BCUT2D eigenvalue weighted by atomic mass is 10.1. The van der Waals surface area contributed by atoms with Gasteiger partial charge in [-0.15, -0.1) is 0 Å². The first-order valence-electron chi connectivity index (χ1n) is 6.71. The van der Waals surface area contributed by atoms with E-state index in [1.54, 1.807) is 24.3 Å². The summed E-state index contributed by atoms with van der Waals surface area (Å²) in [6.07, 6.45) is 0.107. The van der Waals surface area contributed by atoms with Crippen molar-refractivity contribution < 1.29 is 14.3 Å². The number of rotatable bonds is 5. The van der Waals surface area contributed by atoms with E-state index in [0.29, 0.717) is 23.6 Å². The lowest BCUT2D eigenvalue weighted by molar-refractivity contribution is 0.0876. The molecule has 1 amide bonds. The van der Waals surface area contributed by atoms with Gasteiger partial charge in [-0.05, 0) is 36.6 Å². The van der Waals surface area contributed by atoms with E-state index in [1.165, 1.54) is 0 Å². The highest BCUT2D eigenvalue weighted by Gasteiger charge is 2.14. The first-order chi connectivity index (χ1) is 9.45. The van der Waals surface area contributed by atoms with Crippen molar-refractivity contribution in [3.8, 4) is 0 Å². The molecule has 0 spiro atoms. The maximum Gasteiger partial charge on any atom is 0.287 e. The third-order valence-electron chi connectivity index (χ3n) is 3.01. The molecular weight excluding hydrogens is 256 g/mol. The van der Waals surface area contributed by atoms with Crippen LogP contribution in [0.4, 0.5) is 5.69 Å². The Kier molecular flexibility index (Phi) is 4.29. The van der Waals surface area contributed by atoms with E-state index in [9.17, 15) is 9.90 Å².